The summed E-state index contributed by atoms with van der Waals surface area (Å²) in [5.41, 5.74) is 0. The first-order valence-corrected chi connectivity index (χ1v) is 2.36. The van der Waals surface area contributed by atoms with Gasteiger partial charge in [0, 0.05) is 0 Å². The lowest BCUT2D eigenvalue weighted by atomic mass is 10.4. The third kappa shape index (κ3) is 1.27. The normalized spacial score (nSPS) is 17.9. The van der Waals surface area contributed by atoms with Gasteiger partial charge < -0.3 is 4.84 Å². The van der Waals surface area contributed by atoms with Crippen LogP contribution in [0.2, 0.25) is 0 Å². The first-order valence-electron chi connectivity index (χ1n) is 2.36. The molecule has 0 aromatic heterocycles. The Labute approximate surface area is 47.4 Å². The summed E-state index contributed by atoms with van der Waals surface area (Å²) in [5.74, 6) is 0. The topological polar surface area (TPSA) is 32.7 Å². The number of hydroxylamine groups is 2. The summed E-state index contributed by atoms with van der Waals surface area (Å²) in [6, 6.07) is 0. The van der Waals surface area contributed by atoms with E-state index in [1.54, 1.807) is 12.2 Å². The molecule has 0 bridgehead atoms. The maximum absolute atomic E-state index is 8.56. The van der Waals surface area contributed by atoms with Crippen LogP contribution in [-0.4, -0.2) is 10.4 Å². The van der Waals surface area contributed by atoms with Crippen molar-refractivity contribution in [1.29, 1.82) is 0 Å². The summed E-state index contributed by atoms with van der Waals surface area (Å²) >= 11 is 0. The Morgan fingerprint density at radius 3 is 3.25 bits per heavy atom. The second-order valence-electron chi connectivity index (χ2n) is 1.40. The highest BCUT2D eigenvalue weighted by Gasteiger charge is 1.89. The molecular weight excluding hydrogens is 106 g/mol. The largest absolute Gasteiger partial charge is 0.363 e. The Hall–Kier alpha value is -0.960. The first kappa shape index (κ1) is 5.18. The summed E-state index contributed by atoms with van der Waals surface area (Å²) in [6.45, 7) is 0. The van der Waals surface area contributed by atoms with Crippen molar-refractivity contribution in [1.82, 2.24) is 5.23 Å². The molecule has 0 aliphatic carbocycles. The zero-order valence-electron chi connectivity index (χ0n) is 4.32. The van der Waals surface area contributed by atoms with Gasteiger partial charge in [-0.25, -0.2) is 0 Å². The van der Waals surface area contributed by atoms with Crippen molar-refractivity contribution >= 4 is 0 Å². The molecule has 1 N–H and O–H groups in total. The Morgan fingerprint density at radius 2 is 2.38 bits per heavy atom. The lowest BCUT2D eigenvalue weighted by molar-refractivity contribution is -0.271. The highest BCUT2D eigenvalue weighted by molar-refractivity contribution is 4.89. The molecule has 0 radical (unpaired) electrons. The van der Waals surface area contributed by atoms with Crippen LogP contribution < -0.4 is 0 Å². The molecule has 1 heterocycles. The molecule has 0 fully saturated rings. The van der Waals surface area contributed by atoms with E-state index in [2.05, 4.69) is 4.84 Å². The quantitative estimate of drug-likeness (QED) is 0.509. The summed E-state index contributed by atoms with van der Waals surface area (Å²) in [4.78, 5) is 4.52. The fraction of sp³-hybridized carbons (Fsp3) is 0.200. The highest BCUT2D eigenvalue weighted by Crippen LogP contribution is 1.96. The van der Waals surface area contributed by atoms with Gasteiger partial charge in [0.25, 0.3) is 0 Å². The fourth-order valence-corrected chi connectivity index (χ4v) is 0.426. The van der Waals surface area contributed by atoms with Crippen LogP contribution in [-0.2, 0) is 4.84 Å². The molecule has 3 nitrogen and oxygen atoms in total. The monoisotopic (exact) mass is 113 g/mol. The molecule has 0 aromatic rings. The van der Waals surface area contributed by atoms with Crippen LogP contribution in [0.5, 0.6) is 0 Å². The van der Waals surface area contributed by atoms with E-state index in [4.69, 9.17) is 5.21 Å². The standard InChI is InChI=1S/C5H7NO2/c7-6-4-2-1-3-5-8-6/h2-5,7H,1H2. The minimum Gasteiger partial charge on any atom is -0.363 e. The SMILES string of the molecule is ON1C=CCC=CO1. The van der Waals surface area contributed by atoms with Gasteiger partial charge >= 0.3 is 0 Å². The molecule has 44 valence electrons. The van der Waals surface area contributed by atoms with E-state index in [9.17, 15) is 0 Å². The molecule has 0 amide bonds. The minimum absolute atomic E-state index is 0.656. The zero-order chi connectivity index (χ0) is 5.82. The van der Waals surface area contributed by atoms with E-state index < -0.39 is 0 Å². The summed E-state index contributed by atoms with van der Waals surface area (Å²) in [6.07, 6.45) is 7.26. The Bertz CT molecular complexity index is 120. The van der Waals surface area contributed by atoms with Gasteiger partial charge in [-0.1, -0.05) is 11.3 Å². The average Bonchev–Trinajstić information content (AvgIpc) is 1.94. The minimum atomic E-state index is 0.656. The zero-order valence-corrected chi connectivity index (χ0v) is 4.32. The predicted molar refractivity (Wildman–Crippen MR) is 27.6 cm³/mol. The molecule has 3 heteroatoms. The molecule has 1 aliphatic heterocycles. The van der Waals surface area contributed by atoms with E-state index in [0.717, 1.165) is 6.42 Å². The van der Waals surface area contributed by atoms with Crippen molar-refractivity contribution in [3.8, 4) is 0 Å². The van der Waals surface area contributed by atoms with Crippen molar-refractivity contribution in [3.05, 3.63) is 24.6 Å². The second-order valence-corrected chi connectivity index (χ2v) is 1.40. The molecule has 1 rings (SSSR count). The van der Waals surface area contributed by atoms with Gasteiger partial charge in [-0.3, -0.25) is 5.21 Å². The molecule has 0 saturated carbocycles. The van der Waals surface area contributed by atoms with Gasteiger partial charge in [0.15, 0.2) is 0 Å². The summed E-state index contributed by atoms with van der Waals surface area (Å²) in [5, 5.41) is 9.22. The van der Waals surface area contributed by atoms with Gasteiger partial charge in [-0.05, 0) is 12.5 Å². The van der Waals surface area contributed by atoms with Crippen LogP contribution >= 0.6 is 0 Å². The van der Waals surface area contributed by atoms with E-state index in [0.29, 0.717) is 5.23 Å². The van der Waals surface area contributed by atoms with E-state index in [1.807, 2.05) is 0 Å². The molecule has 0 aromatic carbocycles. The van der Waals surface area contributed by atoms with Crippen molar-refractivity contribution < 1.29 is 10.0 Å². The fourth-order valence-electron chi connectivity index (χ4n) is 0.426. The molecule has 8 heavy (non-hydrogen) atoms. The van der Waals surface area contributed by atoms with E-state index in [-0.39, 0.29) is 0 Å². The molecular formula is C5H7NO2. The Morgan fingerprint density at radius 1 is 1.50 bits per heavy atom. The molecule has 1 aliphatic rings. The van der Waals surface area contributed by atoms with Gasteiger partial charge in [0.1, 0.15) is 6.26 Å². The van der Waals surface area contributed by atoms with Crippen LogP contribution in [0, 0.1) is 0 Å². The maximum Gasteiger partial charge on any atom is 0.118 e. The highest BCUT2D eigenvalue weighted by atomic mass is 16.9. The van der Waals surface area contributed by atoms with Gasteiger partial charge in [-0.15, -0.1) is 0 Å². The Kier molecular flexibility index (Phi) is 1.54. The van der Waals surface area contributed by atoms with Gasteiger partial charge in [0.2, 0.25) is 0 Å². The summed E-state index contributed by atoms with van der Waals surface area (Å²) < 4.78 is 0. The number of nitrogens with zero attached hydrogens (tertiary/aromatic N) is 1. The second kappa shape index (κ2) is 2.37. The summed E-state index contributed by atoms with van der Waals surface area (Å²) in [7, 11) is 0. The third-order valence-electron chi connectivity index (χ3n) is 0.770. The number of allylic oxidation sites excluding steroid dienone is 2. The van der Waals surface area contributed by atoms with Crippen molar-refractivity contribution in [2.24, 2.45) is 0 Å². The lowest BCUT2D eigenvalue weighted by Gasteiger charge is -2.05. The molecule has 0 unspecified atom stereocenters. The van der Waals surface area contributed by atoms with Crippen molar-refractivity contribution in [3.63, 3.8) is 0 Å². The van der Waals surface area contributed by atoms with Crippen LogP contribution in [0.1, 0.15) is 6.42 Å². The molecule has 0 atom stereocenters. The predicted octanol–water partition coefficient (Wildman–Crippen LogP) is 1.04. The number of hydrogen-bond acceptors (Lipinski definition) is 3. The van der Waals surface area contributed by atoms with Crippen LogP contribution in [0.4, 0.5) is 0 Å². The number of hydrogen-bond donors (Lipinski definition) is 1. The van der Waals surface area contributed by atoms with E-state index >= 15 is 0 Å². The smallest absolute Gasteiger partial charge is 0.118 e. The van der Waals surface area contributed by atoms with Gasteiger partial charge in [0.05, 0.1) is 6.20 Å². The van der Waals surface area contributed by atoms with Gasteiger partial charge in [-0.2, -0.15) is 0 Å². The Balaban J connectivity index is 2.48. The lowest BCUT2D eigenvalue weighted by Crippen LogP contribution is -2.06. The van der Waals surface area contributed by atoms with Crippen LogP contribution in [0.3, 0.4) is 0 Å². The first-order chi connectivity index (χ1) is 3.89. The molecule has 0 saturated heterocycles. The number of rotatable bonds is 0. The van der Waals surface area contributed by atoms with Crippen LogP contribution in [0.25, 0.3) is 0 Å². The van der Waals surface area contributed by atoms with Crippen LogP contribution in [0.15, 0.2) is 24.6 Å². The molecule has 0 spiro atoms. The van der Waals surface area contributed by atoms with Crippen molar-refractivity contribution in [2.45, 2.75) is 6.42 Å². The van der Waals surface area contributed by atoms with Crippen molar-refractivity contribution in [2.75, 3.05) is 0 Å². The van der Waals surface area contributed by atoms with E-state index in [1.165, 1.54) is 12.5 Å². The average molecular weight is 113 g/mol. The third-order valence-corrected chi connectivity index (χ3v) is 0.770. The maximum atomic E-state index is 8.56.